The Hall–Kier alpha value is -0.0900. The van der Waals surface area contributed by atoms with Gasteiger partial charge < -0.3 is 5.11 Å². The summed E-state index contributed by atoms with van der Waals surface area (Å²) < 4.78 is 0. The number of halogens is 1. The summed E-state index contributed by atoms with van der Waals surface area (Å²) in [5.41, 5.74) is 5.58. The van der Waals surface area contributed by atoms with Gasteiger partial charge in [-0.25, -0.2) is 0 Å². The van der Waals surface area contributed by atoms with E-state index in [1.165, 1.54) is 22.3 Å². The minimum atomic E-state index is 0. The molecule has 0 amide bonds. The van der Waals surface area contributed by atoms with E-state index in [0.717, 1.165) is 7.11 Å². The Morgan fingerprint density at radius 3 is 1.46 bits per heavy atom. The molecule has 0 bridgehead atoms. The van der Waals surface area contributed by atoms with Crippen LogP contribution in [0.2, 0.25) is 0 Å². The van der Waals surface area contributed by atoms with Crippen molar-refractivity contribution in [3.05, 3.63) is 34.4 Å². The zero-order valence-corrected chi connectivity index (χ0v) is 11.3. The van der Waals surface area contributed by atoms with E-state index in [4.69, 9.17) is 5.11 Å². The van der Waals surface area contributed by atoms with Gasteiger partial charge in [0.05, 0.1) is 0 Å². The van der Waals surface area contributed by atoms with Crippen molar-refractivity contribution in [1.82, 2.24) is 0 Å². The van der Waals surface area contributed by atoms with Gasteiger partial charge in [-0.15, -0.1) is 24.0 Å². The first kappa shape index (κ1) is 15.4. The summed E-state index contributed by atoms with van der Waals surface area (Å²) in [6.07, 6.45) is 0. The number of benzene rings is 1. The Morgan fingerprint density at radius 2 is 1.15 bits per heavy atom. The van der Waals surface area contributed by atoms with Crippen LogP contribution in [0.15, 0.2) is 12.1 Å². The topological polar surface area (TPSA) is 20.2 Å². The number of aliphatic hydroxyl groups is 1. The van der Waals surface area contributed by atoms with Gasteiger partial charge in [0.15, 0.2) is 0 Å². The maximum Gasteiger partial charge on any atom is 0.0319 e. The Labute approximate surface area is 98.2 Å². The van der Waals surface area contributed by atoms with Crippen molar-refractivity contribution in [2.24, 2.45) is 0 Å². The number of aliphatic hydroxyl groups excluding tert-OH is 1. The number of rotatable bonds is 0. The minimum absolute atomic E-state index is 0. The summed E-state index contributed by atoms with van der Waals surface area (Å²) >= 11 is 0. The van der Waals surface area contributed by atoms with Gasteiger partial charge in [0, 0.05) is 7.11 Å². The van der Waals surface area contributed by atoms with Crippen LogP contribution in [0.4, 0.5) is 0 Å². The van der Waals surface area contributed by atoms with Crippen LogP contribution in [0.1, 0.15) is 22.3 Å². The molecule has 0 aliphatic rings. The average Bonchev–Trinajstić information content (AvgIpc) is 2.04. The fourth-order valence-corrected chi connectivity index (χ4v) is 1.25. The molecule has 0 unspecified atom stereocenters. The van der Waals surface area contributed by atoms with Gasteiger partial charge in [-0.1, -0.05) is 17.7 Å². The van der Waals surface area contributed by atoms with Gasteiger partial charge in [-0.2, -0.15) is 0 Å². The average molecular weight is 294 g/mol. The predicted molar refractivity (Wildman–Crippen MR) is 68.9 cm³/mol. The number of hydrogen-bond acceptors (Lipinski definition) is 1. The fourth-order valence-electron chi connectivity index (χ4n) is 1.25. The first-order chi connectivity index (χ1) is 5.61. The largest absolute Gasteiger partial charge is 0.400 e. The molecule has 0 heterocycles. The smallest absolute Gasteiger partial charge is 0.0319 e. The quantitative estimate of drug-likeness (QED) is 0.729. The second kappa shape index (κ2) is 7.33. The molecule has 13 heavy (non-hydrogen) atoms. The van der Waals surface area contributed by atoms with Gasteiger partial charge in [0.2, 0.25) is 0 Å². The lowest BCUT2D eigenvalue weighted by Gasteiger charge is -2.04. The third-order valence-electron chi connectivity index (χ3n) is 2.07. The molecule has 0 aliphatic carbocycles. The Morgan fingerprint density at radius 1 is 0.846 bits per heavy atom. The molecular weight excluding hydrogens is 275 g/mol. The van der Waals surface area contributed by atoms with E-state index in [2.05, 4.69) is 39.8 Å². The van der Waals surface area contributed by atoms with E-state index in [1.807, 2.05) is 0 Å². The lowest BCUT2D eigenvalue weighted by molar-refractivity contribution is 0.399. The normalized spacial score (nSPS) is 8.15. The van der Waals surface area contributed by atoms with Crippen LogP contribution in [0, 0.1) is 27.7 Å². The van der Waals surface area contributed by atoms with Crippen LogP contribution in [-0.4, -0.2) is 12.2 Å². The monoisotopic (exact) mass is 294 g/mol. The van der Waals surface area contributed by atoms with Crippen molar-refractivity contribution in [2.75, 3.05) is 7.11 Å². The van der Waals surface area contributed by atoms with Gasteiger partial charge in [-0.05, 0) is 44.4 Å². The maximum absolute atomic E-state index is 7.00. The van der Waals surface area contributed by atoms with Gasteiger partial charge >= 0.3 is 0 Å². The summed E-state index contributed by atoms with van der Waals surface area (Å²) in [5.74, 6) is 0. The Bertz CT molecular complexity index is 233. The molecule has 1 N–H and O–H groups in total. The standard InChI is InChI=1S/C10H14.CH4O.HI/c1-7-5-8(2)10(4)9(3)6-7;1-2;/h5-6H,1-4H3;2H,1H3;1H. The molecule has 76 valence electrons. The van der Waals surface area contributed by atoms with Gasteiger partial charge in [-0.3, -0.25) is 0 Å². The van der Waals surface area contributed by atoms with Crippen LogP contribution in [-0.2, 0) is 0 Å². The van der Waals surface area contributed by atoms with E-state index < -0.39 is 0 Å². The molecule has 1 aromatic carbocycles. The molecule has 1 nitrogen and oxygen atoms in total. The van der Waals surface area contributed by atoms with Crippen molar-refractivity contribution in [2.45, 2.75) is 27.7 Å². The van der Waals surface area contributed by atoms with E-state index in [1.54, 1.807) is 0 Å². The lowest BCUT2D eigenvalue weighted by Crippen LogP contribution is -1.86. The maximum atomic E-state index is 7.00. The molecule has 0 spiro atoms. The summed E-state index contributed by atoms with van der Waals surface area (Å²) in [4.78, 5) is 0. The molecule has 1 aromatic rings. The Kier molecular flexibility index (Phi) is 8.67. The molecule has 0 fully saturated rings. The molecule has 1 rings (SSSR count). The highest BCUT2D eigenvalue weighted by Crippen LogP contribution is 2.13. The summed E-state index contributed by atoms with van der Waals surface area (Å²) in [6, 6.07) is 4.45. The molecule has 0 aliphatic heterocycles. The number of hydrogen-bond donors (Lipinski definition) is 1. The van der Waals surface area contributed by atoms with Crippen molar-refractivity contribution < 1.29 is 5.11 Å². The predicted octanol–water partition coefficient (Wildman–Crippen LogP) is 3.15. The van der Waals surface area contributed by atoms with Crippen molar-refractivity contribution in [3.8, 4) is 0 Å². The molecule has 0 atom stereocenters. The molecule has 2 heteroatoms. The van der Waals surface area contributed by atoms with Crippen LogP contribution in [0.25, 0.3) is 0 Å². The van der Waals surface area contributed by atoms with E-state index in [-0.39, 0.29) is 24.0 Å². The summed E-state index contributed by atoms with van der Waals surface area (Å²) in [6.45, 7) is 8.63. The van der Waals surface area contributed by atoms with Gasteiger partial charge in [0.25, 0.3) is 0 Å². The van der Waals surface area contributed by atoms with Crippen molar-refractivity contribution >= 4 is 24.0 Å². The summed E-state index contributed by atoms with van der Waals surface area (Å²) in [7, 11) is 1.00. The van der Waals surface area contributed by atoms with E-state index >= 15 is 0 Å². The highest BCUT2D eigenvalue weighted by atomic mass is 127. The van der Waals surface area contributed by atoms with E-state index in [0.29, 0.717) is 0 Å². The zero-order valence-electron chi connectivity index (χ0n) is 9.01. The molecular formula is C11H19IO. The van der Waals surface area contributed by atoms with Gasteiger partial charge in [0.1, 0.15) is 0 Å². The second-order valence-electron chi connectivity index (χ2n) is 3.02. The third-order valence-corrected chi connectivity index (χ3v) is 2.07. The highest BCUT2D eigenvalue weighted by molar-refractivity contribution is 14.0. The fraction of sp³-hybridized carbons (Fsp3) is 0.455. The number of aryl methyl sites for hydroxylation is 3. The molecule has 0 radical (unpaired) electrons. The lowest BCUT2D eigenvalue weighted by atomic mass is 10.0. The third kappa shape index (κ3) is 4.62. The zero-order chi connectivity index (χ0) is 9.72. The van der Waals surface area contributed by atoms with Crippen LogP contribution >= 0.6 is 24.0 Å². The minimum Gasteiger partial charge on any atom is -0.400 e. The highest BCUT2D eigenvalue weighted by Gasteiger charge is 1.95. The summed E-state index contributed by atoms with van der Waals surface area (Å²) in [5, 5.41) is 7.00. The molecule has 0 aromatic heterocycles. The first-order valence-electron chi connectivity index (χ1n) is 4.10. The molecule has 0 saturated heterocycles. The van der Waals surface area contributed by atoms with Crippen molar-refractivity contribution in [3.63, 3.8) is 0 Å². The van der Waals surface area contributed by atoms with Crippen LogP contribution < -0.4 is 0 Å². The van der Waals surface area contributed by atoms with E-state index in [9.17, 15) is 0 Å². The SMILES string of the molecule is CO.Cc1cc(C)c(C)c(C)c1.I. The first-order valence-corrected chi connectivity index (χ1v) is 4.10. The van der Waals surface area contributed by atoms with Crippen LogP contribution in [0.5, 0.6) is 0 Å². The van der Waals surface area contributed by atoms with Crippen LogP contribution in [0.3, 0.4) is 0 Å². The van der Waals surface area contributed by atoms with Crippen molar-refractivity contribution in [1.29, 1.82) is 0 Å². The second-order valence-corrected chi connectivity index (χ2v) is 3.02. The Balaban J connectivity index is 0. The molecule has 0 saturated carbocycles.